The van der Waals surface area contributed by atoms with E-state index in [0.29, 0.717) is 12.5 Å². The highest BCUT2D eigenvalue weighted by molar-refractivity contribution is 6.61. The van der Waals surface area contributed by atoms with Crippen molar-refractivity contribution in [2.75, 3.05) is 0 Å². The third-order valence-corrected chi connectivity index (χ3v) is 6.27. The molecular formula is C17H23NO2Si. The topological polar surface area (TPSA) is 50.1 Å². The van der Waals surface area contributed by atoms with Crippen molar-refractivity contribution < 1.29 is 9.53 Å². The Morgan fingerprint density at radius 1 is 1.38 bits per heavy atom. The van der Waals surface area contributed by atoms with Crippen LogP contribution >= 0.6 is 0 Å². The first kappa shape index (κ1) is 15.8. The van der Waals surface area contributed by atoms with Crippen molar-refractivity contribution in [3.05, 3.63) is 35.9 Å². The third-order valence-electron chi connectivity index (χ3n) is 4.10. The van der Waals surface area contributed by atoms with E-state index in [0.717, 1.165) is 12.0 Å². The van der Waals surface area contributed by atoms with E-state index in [1.807, 2.05) is 30.3 Å². The first-order valence-electron chi connectivity index (χ1n) is 7.72. The first-order chi connectivity index (χ1) is 10.1. The summed E-state index contributed by atoms with van der Waals surface area (Å²) in [6, 6.07) is 12.1. The van der Waals surface area contributed by atoms with Crippen LogP contribution in [0.4, 0.5) is 0 Å². The Balaban J connectivity index is 1.96. The smallest absolute Gasteiger partial charge is 0.307 e. The summed E-state index contributed by atoms with van der Waals surface area (Å²) < 4.78 is 5.48. The molecular weight excluding hydrogens is 278 g/mol. The fourth-order valence-electron chi connectivity index (χ4n) is 2.72. The summed E-state index contributed by atoms with van der Waals surface area (Å²) in [6.45, 7) is 4.57. The van der Waals surface area contributed by atoms with E-state index >= 15 is 0 Å². The van der Waals surface area contributed by atoms with E-state index in [1.54, 1.807) is 0 Å². The zero-order chi connectivity index (χ0) is 15.2. The van der Waals surface area contributed by atoms with Crippen LogP contribution in [0.5, 0.6) is 0 Å². The molecule has 1 aromatic rings. The summed E-state index contributed by atoms with van der Waals surface area (Å²) in [5.74, 6) is 0.326. The Kier molecular flexibility index (Phi) is 5.57. The molecule has 1 fully saturated rings. The van der Waals surface area contributed by atoms with Crippen molar-refractivity contribution in [1.29, 1.82) is 5.26 Å². The number of hydrogen-bond donors (Lipinski definition) is 0. The summed E-state index contributed by atoms with van der Waals surface area (Å²) in [5, 5.41) is 9.42. The van der Waals surface area contributed by atoms with Crippen molar-refractivity contribution in [1.82, 2.24) is 0 Å². The zero-order valence-electron chi connectivity index (χ0n) is 12.8. The molecule has 1 aromatic carbocycles. The zero-order valence-corrected chi connectivity index (χ0v) is 13.9. The van der Waals surface area contributed by atoms with Crippen molar-refractivity contribution in [2.45, 2.75) is 44.5 Å². The van der Waals surface area contributed by atoms with Gasteiger partial charge in [-0.15, -0.1) is 0 Å². The van der Waals surface area contributed by atoms with Gasteiger partial charge in [-0.1, -0.05) is 56.3 Å². The maximum Gasteiger partial charge on any atom is 0.307 e. The van der Waals surface area contributed by atoms with Gasteiger partial charge >= 0.3 is 5.97 Å². The molecule has 0 amide bonds. The fourth-order valence-corrected chi connectivity index (χ4v) is 4.53. The Morgan fingerprint density at radius 3 is 2.57 bits per heavy atom. The predicted molar refractivity (Wildman–Crippen MR) is 85.3 cm³/mol. The van der Waals surface area contributed by atoms with E-state index in [4.69, 9.17) is 4.74 Å². The van der Waals surface area contributed by atoms with Crippen LogP contribution < -0.4 is 0 Å². The largest absolute Gasteiger partial charge is 0.461 e. The van der Waals surface area contributed by atoms with Gasteiger partial charge in [0.25, 0.3) is 0 Å². The predicted octanol–water partition coefficient (Wildman–Crippen LogP) is 3.53. The van der Waals surface area contributed by atoms with Gasteiger partial charge in [-0.3, -0.25) is 4.79 Å². The average molecular weight is 301 g/mol. The maximum absolute atomic E-state index is 12.4. The minimum atomic E-state index is -1.27. The molecule has 2 unspecified atom stereocenters. The van der Waals surface area contributed by atoms with Gasteiger partial charge in [0, 0.05) is 8.80 Å². The first-order valence-corrected chi connectivity index (χ1v) is 10.7. The summed E-state index contributed by atoms with van der Waals surface area (Å²) >= 11 is 0. The molecule has 1 aliphatic rings. The lowest BCUT2D eigenvalue weighted by Crippen LogP contribution is -2.30. The number of hydrogen-bond acceptors (Lipinski definition) is 3. The lowest BCUT2D eigenvalue weighted by atomic mass is 9.99. The quantitative estimate of drug-likeness (QED) is 0.572. The van der Waals surface area contributed by atoms with Gasteiger partial charge in [-0.05, 0) is 17.9 Å². The number of ether oxygens (including phenoxy) is 1. The van der Waals surface area contributed by atoms with E-state index in [9.17, 15) is 10.1 Å². The van der Waals surface area contributed by atoms with E-state index in [2.05, 4.69) is 19.2 Å². The van der Waals surface area contributed by atoms with Crippen LogP contribution in [0.25, 0.3) is 0 Å². The van der Waals surface area contributed by atoms with Crippen LogP contribution in [0.3, 0.4) is 0 Å². The second-order valence-electron chi connectivity index (χ2n) is 6.28. The molecule has 0 aliphatic heterocycles. The SMILES string of the molecule is C[SiH](C)C(C(=O)OCc1ccccc1)C(C#N)CC1CC1. The molecule has 112 valence electrons. The summed E-state index contributed by atoms with van der Waals surface area (Å²) in [4.78, 5) is 12.4. The van der Waals surface area contributed by atoms with Crippen LogP contribution in [0.2, 0.25) is 18.6 Å². The third kappa shape index (κ3) is 4.71. The maximum atomic E-state index is 12.4. The molecule has 0 aromatic heterocycles. The summed E-state index contributed by atoms with van der Waals surface area (Å²) in [5.41, 5.74) is 0.810. The van der Waals surface area contributed by atoms with Crippen LogP contribution in [-0.2, 0) is 16.1 Å². The van der Waals surface area contributed by atoms with Crippen molar-refractivity contribution in [2.24, 2.45) is 11.8 Å². The second-order valence-corrected chi connectivity index (χ2v) is 9.48. The number of carbonyl (C=O) groups excluding carboxylic acids is 1. The molecule has 0 N–H and O–H groups in total. The Labute approximate surface area is 128 Å². The molecule has 0 saturated heterocycles. The second kappa shape index (κ2) is 7.42. The minimum absolute atomic E-state index is 0.160. The number of carbonyl (C=O) groups is 1. The van der Waals surface area contributed by atoms with Crippen LogP contribution in [0.15, 0.2) is 30.3 Å². The Hall–Kier alpha value is -1.60. The lowest BCUT2D eigenvalue weighted by molar-refractivity contribution is -0.145. The van der Waals surface area contributed by atoms with Gasteiger partial charge in [0.05, 0.1) is 17.5 Å². The van der Waals surface area contributed by atoms with Gasteiger partial charge in [0.2, 0.25) is 0 Å². The van der Waals surface area contributed by atoms with Gasteiger partial charge in [0.1, 0.15) is 6.61 Å². The number of esters is 1. The van der Waals surface area contributed by atoms with E-state index < -0.39 is 8.80 Å². The van der Waals surface area contributed by atoms with Crippen molar-refractivity contribution in [3.63, 3.8) is 0 Å². The monoisotopic (exact) mass is 301 g/mol. The molecule has 1 saturated carbocycles. The normalized spacial score (nSPS) is 17.0. The molecule has 0 radical (unpaired) electrons. The fraction of sp³-hybridized carbons (Fsp3) is 0.529. The van der Waals surface area contributed by atoms with Crippen LogP contribution in [0, 0.1) is 23.2 Å². The standard InChI is InChI=1S/C17H23NO2Si/c1-21(2)16(15(11-18)10-13-8-9-13)17(19)20-12-14-6-4-3-5-7-14/h3-7,13,15-16,21H,8-10,12H2,1-2H3. The minimum Gasteiger partial charge on any atom is -0.461 e. The molecule has 0 bridgehead atoms. The Morgan fingerprint density at radius 2 is 2.05 bits per heavy atom. The van der Waals surface area contributed by atoms with Crippen molar-refractivity contribution in [3.8, 4) is 6.07 Å². The number of rotatable bonds is 7. The lowest BCUT2D eigenvalue weighted by Gasteiger charge is -2.23. The molecule has 3 nitrogen and oxygen atoms in total. The van der Waals surface area contributed by atoms with Crippen molar-refractivity contribution >= 4 is 14.8 Å². The molecule has 21 heavy (non-hydrogen) atoms. The molecule has 0 spiro atoms. The van der Waals surface area contributed by atoms with Crippen LogP contribution in [-0.4, -0.2) is 14.8 Å². The van der Waals surface area contributed by atoms with Gasteiger partial charge in [-0.2, -0.15) is 5.26 Å². The highest BCUT2D eigenvalue weighted by atomic mass is 28.3. The number of benzene rings is 1. The molecule has 1 aliphatic carbocycles. The molecule has 2 rings (SSSR count). The van der Waals surface area contributed by atoms with E-state index in [1.165, 1.54) is 12.8 Å². The molecule has 2 atom stereocenters. The summed E-state index contributed by atoms with van der Waals surface area (Å²) in [6.07, 6.45) is 3.29. The Bertz CT molecular complexity index is 505. The van der Waals surface area contributed by atoms with Crippen LogP contribution in [0.1, 0.15) is 24.8 Å². The number of nitrogens with zero attached hydrogens (tertiary/aromatic N) is 1. The van der Waals surface area contributed by atoms with E-state index in [-0.39, 0.29) is 17.4 Å². The number of nitriles is 1. The molecule has 4 heteroatoms. The summed E-state index contributed by atoms with van der Waals surface area (Å²) in [7, 11) is -1.27. The van der Waals surface area contributed by atoms with Gasteiger partial charge < -0.3 is 4.74 Å². The highest BCUT2D eigenvalue weighted by Gasteiger charge is 2.37. The van der Waals surface area contributed by atoms with Gasteiger partial charge in [-0.25, -0.2) is 0 Å². The average Bonchev–Trinajstić information content (AvgIpc) is 3.29. The molecule has 0 heterocycles. The highest BCUT2D eigenvalue weighted by Crippen LogP contribution is 2.39. The van der Waals surface area contributed by atoms with Gasteiger partial charge in [0.15, 0.2) is 0 Å².